The van der Waals surface area contributed by atoms with Gasteiger partial charge in [-0.2, -0.15) is 0 Å². The average Bonchev–Trinajstić information content (AvgIpc) is 3.13. The Kier molecular flexibility index (Phi) is 6.54. The van der Waals surface area contributed by atoms with Gasteiger partial charge in [-0.25, -0.2) is 9.37 Å². The van der Waals surface area contributed by atoms with E-state index in [1.54, 1.807) is 23.5 Å². The van der Waals surface area contributed by atoms with Crippen molar-refractivity contribution < 1.29 is 13.9 Å². The SMILES string of the molecule is Cc1ccc(-c2nc(CCNC(=O)CCOc3ccc(F)cc3)cs2)cc1. The minimum Gasteiger partial charge on any atom is -0.493 e. The summed E-state index contributed by atoms with van der Waals surface area (Å²) >= 11 is 1.61. The Morgan fingerprint density at radius 1 is 1.15 bits per heavy atom. The Labute approximate surface area is 162 Å². The fourth-order valence-corrected chi connectivity index (χ4v) is 3.32. The van der Waals surface area contributed by atoms with Crippen molar-refractivity contribution in [2.45, 2.75) is 19.8 Å². The van der Waals surface area contributed by atoms with Gasteiger partial charge in [0.05, 0.1) is 18.7 Å². The first-order valence-electron chi connectivity index (χ1n) is 8.77. The maximum atomic E-state index is 12.8. The molecule has 2 aromatic carbocycles. The van der Waals surface area contributed by atoms with Crippen LogP contribution in [0, 0.1) is 12.7 Å². The van der Waals surface area contributed by atoms with Crippen LogP contribution in [-0.4, -0.2) is 24.0 Å². The van der Waals surface area contributed by atoms with Crippen molar-refractivity contribution in [2.75, 3.05) is 13.2 Å². The Morgan fingerprint density at radius 3 is 2.63 bits per heavy atom. The smallest absolute Gasteiger partial charge is 0.223 e. The van der Waals surface area contributed by atoms with Crippen LogP contribution in [0.4, 0.5) is 4.39 Å². The molecule has 1 aromatic heterocycles. The normalized spacial score (nSPS) is 10.6. The van der Waals surface area contributed by atoms with Gasteiger partial charge in [0, 0.05) is 23.9 Å². The number of carbonyl (C=O) groups excluding carboxylic acids is 1. The number of carbonyl (C=O) groups is 1. The molecule has 0 radical (unpaired) electrons. The first-order chi connectivity index (χ1) is 13.1. The van der Waals surface area contributed by atoms with Crippen molar-refractivity contribution >= 4 is 17.2 Å². The Balaban J connectivity index is 1.37. The van der Waals surface area contributed by atoms with Crippen LogP contribution in [0.2, 0.25) is 0 Å². The topological polar surface area (TPSA) is 51.2 Å². The zero-order valence-electron chi connectivity index (χ0n) is 15.1. The highest BCUT2D eigenvalue weighted by atomic mass is 32.1. The number of halogens is 1. The van der Waals surface area contributed by atoms with Gasteiger partial charge in [0.25, 0.3) is 0 Å². The molecule has 0 saturated heterocycles. The third-order valence-corrected chi connectivity index (χ3v) is 4.91. The predicted molar refractivity (Wildman–Crippen MR) is 106 cm³/mol. The van der Waals surface area contributed by atoms with E-state index < -0.39 is 0 Å². The highest BCUT2D eigenvalue weighted by Crippen LogP contribution is 2.24. The monoisotopic (exact) mass is 384 g/mol. The van der Waals surface area contributed by atoms with Crippen LogP contribution in [-0.2, 0) is 11.2 Å². The van der Waals surface area contributed by atoms with Crippen LogP contribution in [0.5, 0.6) is 5.75 Å². The molecule has 0 saturated carbocycles. The number of nitrogens with one attached hydrogen (secondary N) is 1. The number of hydrogen-bond donors (Lipinski definition) is 1. The van der Waals surface area contributed by atoms with Gasteiger partial charge < -0.3 is 10.1 Å². The zero-order valence-corrected chi connectivity index (χ0v) is 15.9. The fraction of sp³-hybridized carbons (Fsp3) is 0.238. The maximum Gasteiger partial charge on any atom is 0.223 e. The number of aromatic nitrogens is 1. The lowest BCUT2D eigenvalue weighted by atomic mass is 10.2. The molecule has 1 amide bonds. The number of thiazole rings is 1. The second-order valence-electron chi connectivity index (χ2n) is 6.16. The minimum absolute atomic E-state index is 0.0777. The predicted octanol–water partition coefficient (Wildman–Crippen LogP) is 4.39. The number of benzene rings is 2. The van der Waals surface area contributed by atoms with Crippen LogP contribution in [0.15, 0.2) is 53.9 Å². The van der Waals surface area contributed by atoms with E-state index in [0.29, 0.717) is 18.7 Å². The van der Waals surface area contributed by atoms with Crippen molar-refractivity contribution in [2.24, 2.45) is 0 Å². The van der Waals surface area contributed by atoms with Crippen LogP contribution in [0.25, 0.3) is 10.6 Å². The molecule has 0 aliphatic rings. The van der Waals surface area contributed by atoms with Gasteiger partial charge in [-0.1, -0.05) is 29.8 Å². The molecule has 6 heteroatoms. The summed E-state index contributed by atoms with van der Waals surface area (Å²) in [5.41, 5.74) is 3.30. The summed E-state index contributed by atoms with van der Waals surface area (Å²) in [7, 11) is 0. The molecule has 0 unspecified atom stereocenters. The average molecular weight is 384 g/mol. The quantitative estimate of drug-likeness (QED) is 0.627. The second kappa shape index (κ2) is 9.28. The summed E-state index contributed by atoms with van der Waals surface area (Å²) in [4.78, 5) is 16.5. The molecule has 0 atom stereocenters. The largest absolute Gasteiger partial charge is 0.493 e. The van der Waals surface area contributed by atoms with Crippen molar-refractivity contribution in [3.8, 4) is 16.3 Å². The molecule has 1 heterocycles. The van der Waals surface area contributed by atoms with E-state index in [0.717, 1.165) is 16.3 Å². The van der Waals surface area contributed by atoms with E-state index in [1.165, 1.54) is 17.7 Å². The van der Waals surface area contributed by atoms with Crippen LogP contribution >= 0.6 is 11.3 Å². The van der Waals surface area contributed by atoms with E-state index in [-0.39, 0.29) is 24.8 Å². The van der Waals surface area contributed by atoms with Crippen LogP contribution < -0.4 is 10.1 Å². The standard InChI is InChI=1S/C21H21FN2O2S/c1-15-2-4-16(5-3-15)21-24-18(14-27-21)10-12-23-20(25)11-13-26-19-8-6-17(22)7-9-19/h2-9,14H,10-13H2,1H3,(H,23,25). The molecule has 27 heavy (non-hydrogen) atoms. The molecule has 3 rings (SSSR count). The molecule has 1 N–H and O–H groups in total. The number of rotatable bonds is 8. The van der Waals surface area contributed by atoms with E-state index in [9.17, 15) is 9.18 Å². The first kappa shape index (κ1) is 19.0. The summed E-state index contributed by atoms with van der Waals surface area (Å²) < 4.78 is 18.2. The Bertz CT molecular complexity index is 876. The van der Waals surface area contributed by atoms with Gasteiger partial charge in [-0.15, -0.1) is 11.3 Å². The molecule has 4 nitrogen and oxygen atoms in total. The number of nitrogens with zero attached hydrogens (tertiary/aromatic N) is 1. The van der Waals surface area contributed by atoms with E-state index >= 15 is 0 Å². The van der Waals surface area contributed by atoms with Crippen molar-refractivity contribution in [1.82, 2.24) is 10.3 Å². The van der Waals surface area contributed by atoms with Gasteiger partial charge in [0.1, 0.15) is 16.6 Å². The van der Waals surface area contributed by atoms with Gasteiger partial charge in [0.2, 0.25) is 5.91 Å². The molecular weight excluding hydrogens is 363 g/mol. The summed E-state index contributed by atoms with van der Waals surface area (Å²) in [6, 6.07) is 14.0. The highest BCUT2D eigenvalue weighted by Gasteiger charge is 2.06. The third-order valence-electron chi connectivity index (χ3n) is 3.97. The molecule has 140 valence electrons. The molecule has 0 aliphatic carbocycles. The Hall–Kier alpha value is -2.73. The molecule has 0 fully saturated rings. The van der Waals surface area contributed by atoms with Crippen molar-refractivity contribution in [1.29, 1.82) is 0 Å². The Morgan fingerprint density at radius 2 is 1.89 bits per heavy atom. The lowest BCUT2D eigenvalue weighted by Gasteiger charge is -2.06. The fourth-order valence-electron chi connectivity index (χ4n) is 2.46. The number of aryl methyl sites for hydroxylation is 1. The molecule has 0 spiro atoms. The summed E-state index contributed by atoms with van der Waals surface area (Å²) in [6.07, 6.45) is 0.940. The van der Waals surface area contributed by atoms with Gasteiger partial charge in [0.15, 0.2) is 0 Å². The van der Waals surface area contributed by atoms with Crippen LogP contribution in [0.1, 0.15) is 17.7 Å². The molecule has 0 aliphatic heterocycles. The zero-order chi connectivity index (χ0) is 19.1. The first-order valence-corrected chi connectivity index (χ1v) is 9.64. The van der Waals surface area contributed by atoms with Crippen molar-refractivity contribution in [3.05, 3.63) is 71.0 Å². The number of amides is 1. The summed E-state index contributed by atoms with van der Waals surface area (Å²) in [5.74, 6) is 0.161. The highest BCUT2D eigenvalue weighted by molar-refractivity contribution is 7.13. The van der Waals surface area contributed by atoms with Crippen molar-refractivity contribution in [3.63, 3.8) is 0 Å². The number of hydrogen-bond acceptors (Lipinski definition) is 4. The molecule has 3 aromatic rings. The second-order valence-corrected chi connectivity index (χ2v) is 7.02. The molecular formula is C21H21FN2O2S. The van der Waals surface area contributed by atoms with Gasteiger partial charge >= 0.3 is 0 Å². The van der Waals surface area contributed by atoms with E-state index in [1.807, 2.05) is 5.38 Å². The van der Waals surface area contributed by atoms with E-state index in [4.69, 9.17) is 4.74 Å². The summed E-state index contributed by atoms with van der Waals surface area (Å²) in [6.45, 7) is 2.85. The lowest BCUT2D eigenvalue weighted by molar-refractivity contribution is -0.121. The minimum atomic E-state index is -0.312. The van der Waals surface area contributed by atoms with Gasteiger partial charge in [-0.05, 0) is 31.2 Å². The lowest BCUT2D eigenvalue weighted by Crippen LogP contribution is -2.27. The maximum absolute atomic E-state index is 12.8. The third kappa shape index (κ3) is 5.89. The molecule has 0 bridgehead atoms. The van der Waals surface area contributed by atoms with E-state index in [2.05, 4.69) is 41.5 Å². The van der Waals surface area contributed by atoms with Crippen LogP contribution in [0.3, 0.4) is 0 Å². The summed E-state index contributed by atoms with van der Waals surface area (Å²) in [5, 5.41) is 5.89. The van der Waals surface area contributed by atoms with Gasteiger partial charge in [-0.3, -0.25) is 4.79 Å². The number of ether oxygens (including phenoxy) is 1.